The van der Waals surface area contributed by atoms with E-state index in [1.54, 1.807) is 19.9 Å². The van der Waals surface area contributed by atoms with Gasteiger partial charge >= 0.3 is 6.61 Å². The molecule has 0 aromatic heterocycles. The Morgan fingerprint density at radius 2 is 1.76 bits per heavy atom. The summed E-state index contributed by atoms with van der Waals surface area (Å²) in [5, 5.41) is 2.68. The Hall–Kier alpha value is -2.78. The molecule has 29 heavy (non-hydrogen) atoms. The normalized spacial score (nSPS) is 12.0. The SMILES string of the molecule is Cc1cc(S(=O)(=O)N(C)C)cc(NC(=O)/C=C/c2ccc(OC(F)F)cc2)c1C. The second-order valence-electron chi connectivity index (χ2n) is 6.47. The van der Waals surface area contributed by atoms with E-state index in [0.717, 1.165) is 15.4 Å². The van der Waals surface area contributed by atoms with Crippen molar-refractivity contribution in [1.29, 1.82) is 0 Å². The number of hydrogen-bond donors (Lipinski definition) is 1. The van der Waals surface area contributed by atoms with Crippen molar-refractivity contribution in [3.8, 4) is 5.75 Å². The molecule has 0 aliphatic heterocycles. The molecule has 2 aromatic rings. The zero-order valence-corrected chi connectivity index (χ0v) is 17.3. The average molecular weight is 424 g/mol. The summed E-state index contributed by atoms with van der Waals surface area (Å²) in [5.74, 6) is -0.438. The van der Waals surface area contributed by atoms with Gasteiger partial charge in [-0.1, -0.05) is 12.1 Å². The molecule has 0 aliphatic carbocycles. The van der Waals surface area contributed by atoms with Gasteiger partial charge in [-0.25, -0.2) is 12.7 Å². The lowest BCUT2D eigenvalue weighted by Gasteiger charge is -2.16. The molecule has 0 aliphatic rings. The molecular formula is C20H22F2N2O4S. The van der Waals surface area contributed by atoms with E-state index in [9.17, 15) is 22.0 Å². The fourth-order valence-electron chi connectivity index (χ4n) is 2.42. The molecule has 0 heterocycles. The molecule has 0 saturated carbocycles. The highest BCUT2D eigenvalue weighted by molar-refractivity contribution is 7.89. The van der Waals surface area contributed by atoms with Crippen molar-refractivity contribution >= 4 is 27.7 Å². The lowest BCUT2D eigenvalue weighted by Crippen LogP contribution is -2.22. The third-order valence-electron chi connectivity index (χ3n) is 4.21. The molecule has 0 atom stereocenters. The van der Waals surface area contributed by atoms with Crippen LogP contribution in [0.5, 0.6) is 5.75 Å². The van der Waals surface area contributed by atoms with Crippen LogP contribution in [0.1, 0.15) is 16.7 Å². The third kappa shape index (κ3) is 5.85. The number of carbonyl (C=O) groups excluding carboxylic acids is 1. The van der Waals surface area contributed by atoms with Crippen molar-refractivity contribution in [2.24, 2.45) is 0 Å². The zero-order valence-electron chi connectivity index (χ0n) is 16.4. The third-order valence-corrected chi connectivity index (χ3v) is 6.00. The van der Waals surface area contributed by atoms with E-state index in [1.807, 2.05) is 0 Å². The van der Waals surface area contributed by atoms with Crippen LogP contribution in [-0.4, -0.2) is 39.3 Å². The Morgan fingerprint density at radius 1 is 1.14 bits per heavy atom. The number of nitrogens with zero attached hydrogens (tertiary/aromatic N) is 1. The highest BCUT2D eigenvalue weighted by Crippen LogP contribution is 2.25. The number of hydrogen-bond acceptors (Lipinski definition) is 4. The molecule has 0 unspecified atom stereocenters. The van der Waals surface area contributed by atoms with E-state index in [0.29, 0.717) is 11.3 Å². The molecule has 2 rings (SSSR count). The monoisotopic (exact) mass is 424 g/mol. The summed E-state index contributed by atoms with van der Waals surface area (Å²) < 4.78 is 54.4. The van der Waals surface area contributed by atoms with Gasteiger partial charge in [-0.3, -0.25) is 4.79 Å². The summed E-state index contributed by atoms with van der Waals surface area (Å²) in [6, 6.07) is 8.76. The molecule has 6 nitrogen and oxygen atoms in total. The smallest absolute Gasteiger partial charge is 0.387 e. The fourth-order valence-corrected chi connectivity index (χ4v) is 3.44. The van der Waals surface area contributed by atoms with E-state index in [2.05, 4.69) is 10.1 Å². The van der Waals surface area contributed by atoms with Crippen LogP contribution < -0.4 is 10.1 Å². The standard InChI is InChI=1S/C20H22F2N2O4S/c1-13-11-17(29(26,27)24(3)4)12-18(14(13)2)23-19(25)10-7-15-5-8-16(9-6-15)28-20(21)22/h5-12,20H,1-4H3,(H,23,25)/b10-7+. The Bertz CT molecular complexity index is 1020. The van der Waals surface area contributed by atoms with E-state index in [-0.39, 0.29) is 10.6 Å². The number of halogens is 2. The summed E-state index contributed by atoms with van der Waals surface area (Å²) in [5.41, 5.74) is 2.47. The maximum atomic E-state index is 12.4. The number of ether oxygens (including phenoxy) is 1. The van der Waals surface area contributed by atoms with Gasteiger partial charge in [-0.2, -0.15) is 8.78 Å². The van der Waals surface area contributed by atoms with Gasteiger partial charge in [0.15, 0.2) is 0 Å². The van der Waals surface area contributed by atoms with Gasteiger partial charge in [0.1, 0.15) is 5.75 Å². The molecule has 1 N–H and O–H groups in total. The maximum Gasteiger partial charge on any atom is 0.387 e. The number of carbonyl (C=O) groups is 1. The Kier molecular flexibility index (Phi) is 7.10. The van der Waals surface area contributed by atoms with Crippen molar-refractivity contribution in [3.63, 3.8) is 0 Å². The molecule has 0 spiro atoms. The van der Waals surface area contributed by atoms with Crippen molar-refractivity contribution in [2.75, 3.05) is 19.4 Å². The van der Waals surface area contributed by atoms with Gasteiger partial charge in [0.2, 0.25) is 15.9 Å². The van der Waals surface area contributed by atoms with Crippen molar-refractivity contribution in [2.45, 2.75) is 25.4 Å². The minimum atomic E-state index is -3.64. The minimum absolute atomic E-state index is 0.0200. The first kappa shape index (κ1) is 22.5. The molecule has 0 saturated heterocycles. The van der Waals surface area contributed by atoms with E-state index < -0.39 is 22.5 Å². The van der Waals surface area contributed by atoms with Crippen LogP contribution in [0.15, 0.2) is 47.4 Å². The van der Waals surface area contributed by atoms with E-state index >= 15 is 0 Å². The van der Waals surface area contributed by atoms with Crippen LogP contribution in [0.25, 0.3) is 6.08 Å². The van der Waals surface area contributed by atoms with Gasteiger partial charge in [-0.05, 0) is 60.9 Å². The lowest BCUT2D eigenvalue weighted by molar-refractivity contribution is -0.111. The summed E-state index contributed by atoms with van der Waals surface area (Å²) in [4.78, 5) is 12.4. The van der Waals surface area contributed by atoms with Crippen molar-refractivity contribution in [3.05, 3.63) is 59.2 Å². The fraction of sp³-hybridized carbons (Fsp3) is 0.250. The summed E-state index contributed by atoms with van der Waals surface area (Å²) in [6.07, 6.45) is 2.77. The molecule has 156 valence electrons. The van der Waals surface area contributed by atoms with Gasteiger partial charge in [0.25, 0.3) is 0 Å². The highest BCUT2D eigenvalue weighted by Gasteiger charge is 2.19. The van der Waals surface area contributed by atoms with Crippen LogP contribution >= 0.6 is 0 Å². The number of amides is 1. The second-order valence-corrected chi connectivity index (χ2v) is 8.62. The molecular weight excluding hydrogens is 402 g/mol. The Labute approximate surface area is 168 Å². The quantitative estimate of drug-likeness (QED) is 0.686. The van der Waals surface area contributed by atoms with Crippen molar-refractivity contribution in [1.82, 2.24) is 4.31 Å². The average Bonchev–Trinajstić information content (AvgIpc) is 2.64. The summed E-state index contributed by atoms with van der Waals surface area (Å²) in [7, 11) is -0.776. The number of rotatable bonds is 7. The van der Waals surface area contributed by atoms with E-state index in [4.69, 9.17) is 0 Å². The van der Waals surface area contributed by atoms with E-state index in [1.165, 1.54) is 56.6 Å². The van der Waals surface area contributed by atoms with Gasteiger partial charge in [0.05, 0.1) is 4.90 Å². The molecule has 1 amide bonds. The number of nitrogens with one attached hydrogen (secondary N) is 1. The largest absolute Gasteiger partial charge is 0.435 e. The zero-order chi connectivity index (χ0) is 21.8. The number of alkyl halides is 2. The maximum absolute atomic E-state index is 12.4. The van der Waals surface area contributed by atoms with Gasteiger partial charge < -0.3 is 10.1 Å². The predicted octanol–water partition coefficient (Wildman–Crippen LogP) is 3.81. The summed E-state index contributed by atoms with van der Waals surface area (Å²) >= 11 is 0. The molecule has 0 radical (unpaired) electrons. The van der Waals surface area contributed by atoms with Crippen LogP contribution in [0.2, 0.25) is 0 Å². The minimum Gasteiger partial charge on any atom is -0.435 e. The summed E-state index contributed by atoms with van der Waals surface area (Å²) in [6.45, 7) is 0.641. The lowest BCUT2D eigenvalue weighted by atomic mass is 10.1. The molecule has 0 bridgehead atoms. The van der Waals surface area contributed by atoms with Crippen LogP contribution in [0.4, 0.5) is 14.5 Å². The van der Waals surface area contributed by atoms with Crippen LogP contribution in [0, 0.1) is 13.8 Å². The van der Waals surface area contributed by atoms with Gasteiger partial charge in [0, 0.05) is 25.9 Å². The van der Waals surface area contributed by atoms with Crippen LogP contribution in [0.3, 0.4) is 0 Å². The number of aryl methyl sites for hydroxylation is 1. The molecule has 0 fully saturated rings. The number of anilines is 1. The first-order valence-corrected chi connectivity index (χ1v) is 10.0. The molecule has 9 heteroatoms. The van der Waals surface area contributed by atoms with Gasteiger partial charge in [-0.15, -0.1) is 0 Å². The topological polar surface area (TPSA) is 75.7 Å². The predicted molar refractivity (Wildman–Crippen MR) is 108 cm³/mol. The molecule has 2 aromatic carbocycles. The number of benzene rings is 2. The number of sulfonamides is 1. The Balaban J connectivity index is 2.18. The highest BCUT2D eigenvalue weighted by atomic mass is 32.2. The van der Waals surface area contributed by atoms with Crippen molar-refractivity contribution < 1.29 is 26.7 Å². The Morgan fingerprint density at radius 3 is 2.31 bits per heavy atom. The second kappa shape index (κ2) is 9.15. The first-order valence-electron chi connectivity index (χ1n) is 8.58. The first-order chi connectivity index (χ1) is 13.5. The van der Waals surface area contributed by atoms with Crippen LogP contribution in [-0.2, 0) is 14.8 Å².